The predicted molar refractivity (Wildman–Crippen MR) is 53.1 cm³/mol. The van der Waals surface area contributed by atoms with Gasteiger partial charge in [0.05, 0.1) is 4.92 Å². The van der Waals surface area contributed by atoms with Gasteiger partial charge in [-0.1, -0.05) is 0 Å². The van der Waals surface area contributed by atoms with Gasteiger partial charge in [-0.2, -0.15) is 0 Å². The molecule has 0 amide bonds. The maximum Gasteiger partial charge on any atom is 0.304 e. The summed E-state index contributed by atoms with van der Waals surface area (Å²) in [5, 5.41) is 10.6. The minimum atomic E-state index is -0.392. The SMILES string of the molecule is Cc1cnc(I)c([N+](=O)[O-])c1C. The Balaban J connectivity index is 3.43. The Labute approximate surface area is 83.3 Å². The molecule has 1 rings (SSSR count). The molecular formula is C7H7IN2O2. The van der Waals surface area contributed by atoms with Crippen LogP contribution in [0.1, 0.15) is 11.1 Å². The van der Waals surface area contributed by atoms with E-state index in [2.05, 4.69) is 4.98 Å². The third kappa shape index (κ3) is 1.55. The highest BCUT2D eigenvalue weighted by Gasteiger charge is 2.17. The first-order valence-electron chi connectivity index (χ1n) is 3.30. The van der Waals surface area contributed by atoms with Crippen LogP contribution < -0.4 is 0 Å². The molecule has 0 fully saturated rings. The lowest BCUT2D eigenvalue weighted by Gasteiger charge is -2.01. The van der Waals surface area contributed by atoms with E-state index in [1.165, 1.54) is 0 Å². The van der Waals surface area contributed by atoms with Crippen molar-refractivity contribution in [2.45, 2.75) is 13.8 Å². The van der Waals surface area contributed by atoms with Crippen molar-refractivity contribution in [2.24, 2.45) is 0 Å². The minimum Gasteiger partial charge on any atom is -0.258 e. The van der Waals surface area contributed by atoms with Crippen LogP contribution in [-0.4, -0.2) is 9.91 Å². The van der Waals surface area contributed by atoms with E-state index in [-0.39, 0.29) is 5.69 Å². The molecule has 0 radical (unpaired) electrons. The van der Waals surface area contributed by atoms with E-state index < -0.39 is 4.92 Å². The molecule has 0 saturated heterocycles. The summed E-state index contributed by atoms with van der Waals surface area (Å²) in [5.41, 5.74) is 1.66. The van der Waals surface area contributed by atoms with E-state index in [4.69, 9.17) is 0 Å². The molecule has 0 aliphatic heterocycles. The molecule has 1 heterocycles. The monoisotopic (exact) mass is 278 g/mol. The van der Waals surface area contributed by atoms with Crippen molar-refractivity contribution in [1.82, 2.24) is 4.98 Å². The van der Waals surface area contributed by atoms with E-state index in [0.717, 1.165) is 5.56 Å². The van der Waals surface area contributed by atoms with Crippen molar-refractivity contribution < 1.29 is 4.92 Å². The third-order valence-electron chi connectivity index (χ3n) is 1.70. The number of halogens is 1. The van der Waals surface area contributed by atoms with Crippen LogP contribution in [0.3, 0.4) is 0 Å². The molecule has 0 bridgehead atoms. The van der Waals surface area contributed by atoms with Crippen LogP contribution >= 0.6 is 22.6 Å². The molecule has 4 nitrogen and oxygen atoms in total. The first kappa shape index (κ1) is 9.37. The molecule has 1 aromatic heterocycles. The molecule has 0 unspecified atom stereocenters. The van der Waals surface area contributed by atoms with Gasteiger partial charge in [0.2, 0.25) is 0 Å². The summed E-state index contributed by atoms with van der Waals surface area (Å²) in [5.74, 6) is 0. The van der Waals surface area contributed by atoms with Gasteiger partial charge >= 0.3 is 5.69 Å². The van der Waals surface area contributed by atoms with Crippen LogP contribution in [-0.2, 0) is 0 Å². The molecule has 12 heavy (non-hydrogen) atoms. The van der Waals surface area contributed by atoms with E-state index in [0.29, 0.717) is 9.26 Å². The van der Waals surface area contributed by atoms with Gasteiger partial charge in [-0.3, -0.25) is 10.1 Å². The van der Waals surface area contributed by atoms with Crippen molar-refractivity contribution in [1.29, 1.82) is 0 Å². The summed E-state index contributed by atoms with van der Waals surface area (Å²) in [7, 11) is 0. The zero-order chi connectivity index (χ0) is 9.30. The molecule has 0 aliphatic rings. The first-order valence-corrected chi connectivity index (χ1v) is 4.38. The van der Waals surface area contributed by atoms with Crippen molar-refractivity contribution >= 4 is 28.3 Å². The summed E-state index contributed by atoms with van der Waals surface area (Å²) < 4.78 is 0.445. The zero-order valence-electron chi connectivity index (χ0n) is 6.67. The standard InChI is InChI=1S/C7H7IN2O2/c1-4-3-9-7(8)6(5(4)2)10(11)12/h3H,1-2H3. The van der Waals surface area contributed by atoms with E-state index in [1.807, 2.05) is 29.5 Å². The van der Waals surface area contributed by atoms with Crippen molar-refractivity contribution in [3.8, 4) is 0 Å². The van der Waals surface area contributed by atoms with Gasteiger partial charge in [-0.15, -0.1) is 0 Å². The third-order valence-corrected chi connectivity index (χ3v) is 2.49. The molecule has 1 aromatic rings. The zero-order valence-corrected chi connectivity index (χ0v) is 8.82. The second-order valence-corrected chi connectivity index (χ2v) is 3.48. The van der Waals surface area contributed by atoms with Crippen molar-refractivity contribution in [3.05, 3.63) is 31.1 Å². The second kappa shape index (κ2) is 3.34. The smallest absolute Gasteiger partial charge is 0.258 e. The highest BCUT2D eigenvalue weighted by atomic mass is 127. The Morgan fingerprint density at radius 2 is 2.17 bits per heavy atom. The number of aromatic nitrogens is 1. The summed E-state index contributed by atoms with van der Waals surface area (Å²) in [6, 6.07) is 0. The van der Waals surface area contributed by atoms with Crippen molar-refractivity contribution in [2.75, 3.05) is 0 Å². The minimum absolute atomic E-state index is 0.121. The molecule has 0 saturated carbocycles. The van der Waals surface area contributed by atoms with E-state index in [9.17, 15) is 10.1 Å². The molecule has 0 spiro atoms. The number of nitrogens with zero attached hydrogens (tertiary/aromatic N) is 2. The van der Waals surface area contributed by atoms with Crippen molar-refractivity contribution in [3.63, 3.8) is 0 Å². The topological polar surface area (TPSA) is 56.0 Å². The van der Waals surface area contributed by atoms with E-state index >= 15 is 0 Å². The molecule has 0 N–H and O–H groups in total. The number of pyridine rings is 1. The molecule has 64 valence electrons. The van der Waals surface area contributed by atoms with Crippen LogP contribution in [0.5, 0.6) is 0 Å². The maximum atomic E-state index is 10.6. The lowest BCUT2D eigenvalue weighted by atomic mass is 10.1. The van der Waals surface area contributed by atoms with Gasteiger partial charge in [0, 0.05) is 11.8 Å². The molecule has 0 aliphatic carbocycles. The fourth-order valence-electron chi connectivity index (χ4n) is 0.865. The van der Waals surface area contributed by atoms with Crippen LogP contribution in [0, 0.1) is 27.7 Å². The van der Waals surface area contributed by atoms with Gasteiger partial charge < -0.3 is 0 Å². The first-order chi connectivity index (χ1) is 5.54. The fourth-order valence-corrected chi connectivity index (χ4v) is 1.61. The summed E-state index contributed by atoms with van der Waals surface area (Å²) in [6.07, 6.45) is 1.64. The Hall–Kier alpha value is -0.720. The fraction of sp³-hybridized carbons (Fsp3) is 0.286. The van der Waals surface area contributed by atoms with Gasteiger partial charge in [-0.05, 0) is 42.0 Å². The molecule has 0 aromatic carbocycles. The van der Waals surface area contributed by atoms with Gasteiger partial charge in [0.15, 0.2) is 3.70 Å². The average Bonchev–Trinajstić information content (AvgIpc) is 1.97. The average molecular weight is 278 g/mol. The van der Waals surface area contributed by atoms with Gasteiger partial charge in [-0.25, -0.2) is 4.98 Å². The van der Waals surface area contributed by atoms with Gasteiger partial charge in [0.1, 0.15) is 0 Å². The second-order valence-electron chi connectivity index (χ2n) is 2.46. The molecule has 5 heteroatoms. The van der Waals surface area contributed by atoms with Crippen LogP contribution in [0.2, 0.25) is 0 Å². The highest BCUT2D eigenvalue weighted by Crippen LogP contribution is 2.24. The Morgan fingerprint density at radius 1 is 1.58 bits per heavy atom. The predicted octanol–water partition coefficient (Wildman–Crippen LogP) is 2.21. The molecule has 0 atom stereocenters. The molecular weight excluding hydrogens is 271 g/mol. The van der Waals surface area contributed by atoms with Crippen LogP contribution in [0.15, 0.2) is 6.20 Å². The Kier molecular flexibility index (Phi) is 2.61. The lowest BCUT2D eigenvalue weighted by Crippen LogP contribution is -1.99. The van der Waals surface area contributed by atoms with Gasteiger partial charge in [0.25, 0.3) is 0 Å². The number of rotatable bonds is 1. The maximum absolute atomic E-state index is 10.6. The van der Waals surface area contributed by atoms with Crippen LogP contribution in [0.25, 0.3) is 0 Å². The Morgan fingerprint density at radius 3 is 2.58 bits per heavy atom. The van der Waals surface area contributed by atoms with E-state index in [1.54, 1.807) is 13.1 Å². The summed E-state index contributed by atoms with van der Waals surface area (Å²) >= 11 is 1.87. The number of hydrogen-bond donors (Lipinski definition) is 0. The number of nitro groups is 1. The quantitative estimate of drug-likeness (QED) is 0.342. The largest absolute Gasteiger partial charge is 0.304 e. The highest BCUT2D eigenvalue weighted by molar-refractivity contribution is 14.1. The number of hydrogen-bond acceptors (Lipinski definition) is 3. The summed E-state index contributed by atoms with van der Waals surface area (Å²) in [4.78, 5) is 14.1. The summed E-state index contributed by atoms with van der Waals surface area (Å²) in [6.45, 7) is 3.54. The Bertz CT molecular complexity index is 338. The normalized spacial score (nSPS) is 9.92. The van der Waals surface area contributed by atoms with Crippen LogP contribution in [0.4, 0.5) is 5.69 Å². The lowest BCUT2D eigenvalue weighted by molar-refractivity contribution is -0.386. The number of aryl methyl sites for hydroxylation is 1.